The minimum Gasteiger partial charge on any atom is -0.480 e. The average Bonchev–Trinajstić information content (AvgIpc) is 2.71. The average molecular weight is 464 g/mol. The van der Waals surface area contributed by atoms with Crippen molar-refractivity contribution in [3.8, 4) is 11.5 Å². The van der Waals surface area contributed by atoms with Gasteiger partial charge in [-0.3, -0.25) is 29.4 Å². The number of aliphatic carboxylic acids is 1. The van der Waals surface area contributed by atoms with Crippen LogP contribution in [0.25, 0.3) is 0 Å². The van der Waals surface area contributed by atoms with Crippen LogP contribution in [0, 0.1) is 15.9 Å². The van der Waals surface area contributed by atoms with E-state index in [9.17, 15) is 33.7 Å². The topological polar surface area (TPSA) is 163 Å². The first-order valence-electron chi connectivity index (χ1n) is 9.07. The first kappa shape index (κ1) is 24.7. The van der Waals surface area contributed by atoms with E-state index in [0.717, 1.165) is 19.9 Å². The molecule has 12 nitrogen and oxygen atoms in total. The molecule has 0 aliphatic carbocycles. The molecule has 0 atom stereocenters. The van der Waals surface area contributed by atoms with Crippen molar-refractivity contribution in [3.05, 3.63) is 57.9 Å². The first-order chi connectivity index (χ1) is 15.5. The lowest BCUT2D eigenvalue weighted by Gasteiger charge is -2.22. The normalized spacial score (nSPS) is 10.2. The van der Waals surface area contributed by atoms with Crippen LogP contribution in [0.2, 0.25) is 0 Å². The van der Waals surface area contributed by atoms with E-state index in [-0.39, 0.29) is 5.69 Å². The number of ether oxygens (including phenoxy) is 3. The van der Waals surface area contributed by atoms with Gasteiger partial charge in [0, 0.05) is 38.1 Å². The molecule has 0 fully saturated rings. The van der Waals surface area contributed by atoms with E-state index in [1.165, 1.54) is 24.3 Å². The zero-order valence-corrected chi connectivity index (χ0v) is 17.3. The number of non-ortho nitro benzene ring substituents is 1. The molecular weight excluding hydrogens is 447 g/mol. The van der Waals surface area contributed by atoms with Crippen LogP contribution in [0.15, 0.2) is 36.4 Å². The number of amides is 1. The molecule has 0 heterocycles. The maximum atomic E-state index is 14.7. The SMILES string of the molecule is CC(=O)Oc1cc(F)c(N(CC(=O)O)C(=O)OCc2ccc([N+](=O)[O-])cc2)cc1OC(C)=O. The number of anilines is 1. The van der Waals surface area contributed by atoms with Crippen LogP contribution in [0.4, 0.5) is 20.6 Å². The second-order valence-electron chi connectivity index (χ2n) is 6.40. The van der Waals surface area contributed by atoms with E-state index in [1.807, 2.05) is 0 Å². The minimum absolute atomic E-state index is 0.189. The number of rotatable bonds is 8. The summed E-state index contributed by atoms with van der Waals surface area (Å²) in [5.74, 6) is -5.29. The molecule has 2 aromatic carbocycles. The highest BCUT2D eigenvalue weighted by Gasteiger charge is 2.26. The van der Waals surface area contributed by atoms with Crippen molar-refractivity contribution >= 4 is 35.4 Å². The molecule has 0 aromatic heterocycles. The third kappa shape index (κ3) is 6.99. The Morgan fingerprint density at radius 1 is 1.03 bits per heavy atom. The number of nitro groups is 1. The van der Waals surface area contributed by atoms with Gasteiger partial charge in [-0.05, 0) is 17.7 Å². The third-order valence-electron chi connectivity index (χ3n) is 3.83. The molecule has 0 aliphatic rings. The van der Waals surface area contributed by atoms with E-state index in [1.54, 1.807) is 0 Å². The Morgan fingerprint density at radius 3 is 2.06 bits per heavy atom. The molecule has 13 heteroatoms. The van der Waals surface area contributed by atoms with Crippen LogP contribution in [-0.2, 0) is 25.7 Å². The van der Waals surface area contributed by atoms with Crippen molar-refractivity contribution < 1.29 is 47.8 Å². The maximum absolute atomic E-state index is 14.7. The number of hydrogen-bond acceptors (Lipinski definition) is 9. The summed E-state index contributed by atoms with van der Waals surface area (Å²) in [6.07, 6.45) is -1.27. The summed E-state index contributed by atoms with van der Waals surface area (Å²) in [4.78, 5) is 56.9. The summed E-state index contributed by atoms with van der Waals surface area (Å²) < 4.78 is 29.4. The summed E-state index contributed by atoms with van der Waals surface area (Å²) in [5, 5.41) is 19.9. The van der Waals surface area contributed by atoms with Gasteiger partial charge in [-0.15, -0.1) is 0 Å². The van der Waals surface area contributed by atoms with Crippen LogP contribution >= 0.6 is 0 Å². The maximum Gasteiger partial charge on any atom is 0.415 e. The van der Waals surface area contributed by atoms with Gasteiger partial charge in [0.1, 0.15) is 13.2 Å². The predicted molar refractivity (Wildman–Crippen MR) is 107 cm³/mol. The van der Waals surface area contributed by atoms with Gasteiger partial charge >= 0.3 is 24.0 Å². The van der Waals surface area contributed by atoms with Gasteiger partial charge in [0.25, 0.3) is 5.69 Å². The second kappa shape index (κ2) is 10.7. The number of carboxylic acid groups (broad SMARTS) is 1. The summed E-state index contributed by atoms with van der Waals surface area (Å²) in [6.45, 7) is 0.614. The van der Waals surface area contributed by atoms with E-state index in [4.69, 9.17) is 19.3 Å². The van der Waals surface area contributed by atoms with Crippen LogP contribution in [0.1, 0.15) is 19.4 Å². The summed E-state index contributed by atoms with van der Waals surface area (Å²) in [6, 6.07) is 6.45. The monoisotopic (exact) mass is 464 g/mol. The van der Waals surface area contributed by atoms with E-state index < -0.39 is 65.1 Å². The second-order valence-corrected chi connectivity index (χ2v) is 6.40. The van der Waals surface area contributed by atoms with Crippen molar-refractivity contribution in [2.75, 3.05) is 11.4 Å². The molecule has 0 aliphatic heterocycles. The smallest absolute Gasteiger partial charge is 0.415 e. The van der Waals surface area contributed by atoms with Gasteiger partial charge in [-0.1, -0.05) is 0 Å². The Morgan fingerprint density at radius 2 is 1.58 bits per heavy atom. The fraction of sp³-hybridized carbons (Fsp3) is 0.200. The summed E-state index contributed by atoms with van der Waals surface area (Å²) in [5.41, 5.74) is -0.473. The van der Waals surface area contributed by atoms with E-state index >= 15 is 0 Å². The number of esters is 2. The molecule has 1 N–H and O–H groups in total. The Balaban J connectivity index is 2.34. The Kier molecular flexibility index (Phi) is 7.98. The molecule has 0 spiro atoms. The van der Waals surface area contributed by atoms with Gasteiger partial charge in [0.15, 0.2) is 17.3 Å². The highest BCUT2D eigenvalue weighted by atomic mass is 19.1. The molecule has 0 unspecified atom stereocenters. The molecule has 0 saturated carbocycles. The third-order valence-corrected chi connectivity index (χ3v) is 3.83. The highest BCUT2D eigenvalue weighted by Crippen LogP contribution is 2.35. The zero-order valence-electron chi connectivity index (χ0n) is 17.3. The lowest BCUT2D eigenvalue weighted by atomic mass is 10.2. The molecule has 174 valence electrons. The molecule has 2 aromatic rings. The van der Waals surface area contributed by atoms with E-state index in [0.29, 0.717) is 16.5 Å². The Labute approximate surface area is 185 Å². The van der Waals surface area contributed by atoms with Gasteiger partial charge in [-0.2, -0.15) is 0 Å². The van der Waals surface area contributed by atoms with Crippen molar-refractivity contribution in [1.82, 2.24) is 0 Å². The number of benzene rings is 2. The van der Waals surface area contributed by atoms with Gasteiger partial charge in [0.2, 0.25) is 0 Å². The molecular formula is C20H17FN2O10. The number of hydrogen-bond donors (Lipinski definition) is 1. The molecule has 1 amide bonds. The van der Waals surface area contributed by atoms with Gasteiger partial charge in [-0.25, -0.2) is 9.18 Å². The number of carbonyl (C=O) groups is 4. The largest absolute Gasteiger partial charge is 0.480 e. The molecule has 0 radical (unpaired) electrons. The Hall–Kier alpha value is -4.55. The summed E-state index contributed by atoms with van der Waals surface area (Å²) >= 11 is 0. The van der Waals surface area contributed by atoms with Gasteiger partial charge < -0.3 is 19.3 Å². The molecule has 33 heavy (non-hydrogen) atoms. The van der Waals surface area contributed by atoms with Crippen molar-refractivity contribution in [2.45, 2.75) is 20.5 Å². The lowest BCUT2D eigenvalue weighted by Crippen LogP contribution is -2.36. The van der Waals surface area contributed by atoms with Crippen molar-refractivity contribution in [2.24, 2.45) is 0 Å². The predicted octanol–water partition coefficient (Wildman–Crippen LogP) is 2.81. The highest BCUT2D eigenvalue weighted by molar-refractivity contribution is 5.93. The van der Waals surface area contributed by atoms with E-state index in [2.05, 4.69) is 0 Å². The van der Waals surface area contributed by atoms with Gasteiger partial charge in [0.05, 0.1) is 10.6 Å². The van der Waals surface area contributed by atoms with Crippen molar-refractivity contribution in [3.63, 3.8) is 0 Å². The van der Waals surface area contributed by atoms with Crippen LogP contribution < -0.4 is 14.4 Å². The van der Waals surface area contributed by atoms with Crippen molar-refractivity contribution in [1.29, 1.82) is 0 Å². The molecule has 0 saturated heterocycles. The minimum atomic E-state index is -1.51. The number of nitro benzene ring substituents is 1. The van der Waals surface area contributed by atoms with Crippen LogP contribution in [0.5, 0.6) is 11.5 Å². The van der Waals surface area contributed by atoms with Crippen LogP contribution in [-0.4, -0.2) is 40.6 Å². The number of carboxylic acids is 1. The zero-order chi connectivity index (χ0) is 24.7. The quantitative estimate of drug-likeness (QED) is 0.266. The summed E-state index contributed by atoms with van der Waals surface area (Å²) in [7, 11) is 0. The molecule has 2 rings (SSSR count). The molecule has 0 bridgehead atoms. The number of nitrogens with zero attached hydrogens (tertiary/aromatic N) is 2. The Bertz CT molecular complexity index is 1100. The van der Waals surface area contributed by atoms with Crippen LogP contribution in [0.3, 0.4) is 0 Å². The fourth-order valence-corrected chi connectivity index (χ4v) is 2.52. The standard InChI is InChI=1S/C20H17FN2O10/c1-11(24)32-17-7-15(21)16(8-18(17)33-12(2)25)22(9-19(26)27)20(28)31-10-13-3-5-14(6-4-13)23(29)30/h3-8H,9-10H2,1-2H3,(H,26,27). The lowest BCUT2D eigenvalue weighted by molar-refractivity contribution is -0.384. The first-order valence-corrected chi connectivity index (χ1v) is 9.07. The number of carbonyl (C=O) groups excluding carboxylic acids is 3. The number of halogens is 1. The fourth-order valence-electron chi connectivity index (χ4n) is 2.52.